The molecule has 0 heterocycles. The molecule has 26 heavy (non-hydrogen) atoms. The Morgan fingerprint density at radius 2 is 1.65 bits per heavy atom. The van der Waals surface area contributed by atoms with Crippen LogP contribution in [0.5, 0.6) is 0 Å². The zero-order chi connectivity index (χ0) is 19.3. The average molecular weight is 382 g/mol. The Balaban J connectivity index is 2.07. The number of rotatable bonds is 8. The predicted molar refractivity (Wildman–Crippen MR) is 98.2 cm³/mol. The van der Waals surface area contributed by atoms with Gasteiger partial charge in [-0.05, 0) is 30.7 Å². The van der Waals surface area contributed by atoms with E-state index in [9.17, 15) is 17.2 Å². The molecule has 0 aliphatic carbocycles. The van der Waals surface area contributed by atoms with Gasteiger partial charge in [-0.1, -0.05) is 32.0 Å². The summed E-state index contributed by atoms with van der Waals surface area (Å²) in [5.74, 6) is -1.20. The van der Waals surface area contributed by atoms with Gasteiger partial charge in [-0.15, -0.1) is 0 Å². The second kappa shape index (κ2) is 8.70. The van der Waals surface area contributed by atoms with Crippen molar-refractivity contribution in [2.24, 2.45) is 0 Å². The highest BCUT2D eigenvalue weighted by Crippen LogP contribution is 2.20. The third-order valence-electron chi connectivity index (χ3n) is 4.34. The van der Waals surface area contributed by atoms with Crippen LogP contribution in [0.3, 0.4) is 0 Å². The SMILES string of the molecule is CCN(CC)S(=O)(=O)c1ccc([C@@H](C)NCc2ccc(F)cc2F)cc1. The number of sulfonamides is 1. The lowest BCUT2D eigenvalue weighted by molar-refractivity contribution is 0.445. The van der Waals surface area contributed by atoms with Gasteiger partial charge >= 0.3 is 0 Å². The smallest absolute Gasteiger partial charge is 0.243 e. The van der Waals surface area contributed by atoms with Crippen molar-refractivity contribution in [2.75, 3.05) is 13.1 Å². The summed E-state index contributed by atoms with van der Waals surface area (Å²) in [6.07, 6.45) is 0. The van der Waals surface area contributed by atoms with Crippen molar-refractivity contribution < 1.29 is 17.2 Å². The van der Waals surface area contributed by atoms with Gasteiger partial charge in [-0.25, -0.2) is 17.2 Å². The second-order valence-electron chi connectivity index (χ2n) is 6.00. The minimum absolute atomic E-state index is 0.121. The van der Waals surface area contributed by atoms with E-state index in [4.69, 9.17) is 0 Å². The monoisotopic (exact) mass is 382 g/mol. The Bertz CT molecular complexity index is 835. The molecule has 2 aromatic carbocycles. The molecule has 0 amide bonds. The highest BCUT2D eigenvalue weighted by atomic mass is 32.2. The van der Waals surface area contributed by atoms with Crippen molar-refractivity contribution >= 4 is 10.0 Å². The lowest BCUT2D eigenvalue weighted by Crippen LogP contribution is -2.30. The lowest BCUT2D eigenvalue weighted by atomic mass is 10.1. The maximum absolute atomic E-state index is 13.7. The Morgan fingerprint density at radius 1 is 1.04 bits per heavy atom. The lowest BCUT2D eigenvalue weighted by Gasteiger charge is -2.19. The van der Waals surface area contributed by atoms with Gasteiger partial charge in [-0.2, -0.15) is 4.31 Å². The summed E-state index contributed by atoms with van der Waals surface area (Å²) in [4.78, 5) is 0.252. The maximum Gasteiger partial charge on any atom is 0.243 e. The van der Waals surface area contributed by atoms with Crippen molar-refractivity contribution in [3.8, 4) is 0 Å². The van der Waals surface area contributed by atoms with E-state index in [1.54, 1.807) is 38.1 Å². The fourth-order valence-corrected chi connectivity index (χ4v) is 4.15. The molecular formula is C19H24F2N2O2S. The molecule has 0 saturated carbocycles. The minimum Gasteiger partial charge on any atom is -0.306 e. The summed E-state index contributed by atoms with van der Waals surface area (Å²) in [5, 5.41) is 3.16. The van der Waals surface area contributed by atoms with Crippen LogP contribution >= 0.6 is 0 Å². The van der Waals surface area contributed by atoms with E-state index in [1.807, 2.05) is 6.92 Å². The van der Waals surface area contributed by atoms with Crippen LogP contribution in [-0.2, 0) is 16.6 Å². The fraction of sp³-hybridized carbons (Fsp3) is 0.368. The van der Waals surface area contributed by atoms with Gasteiger partial charge in [0.05, 0.1) is 4.90 Å². The van der Waals surface area contributed by atoms with E-state index in [2.05, 4.69) is 5.32 Å². The van der Waals surface area contributed by atoms with E-state index in [0.29, 0.717) is 18.7 Å². The molecule has 4 nitrogen and oxygen atoms in total. The molecule has 7 heteroatoms. The summed E-state index contributed by atoms with van der Waals surface area (Å²) in [6.45, 7) is 6.58. The summed E-state index contributed by atoms with van der Waals surface area (Å²) >= 11 is 0. The first kappa shape index (κ1) is 20.5. The topological polar surface area (TPSA) is 49.4 Å². The van der Waals surface area contributed by atoms with Gasteiger partial charge in [0.2, 0.25) is 10.0 Å². The number of benzene rings is 2. The molecular weight excluding hydrogens is 358 g/mol. The van der Waals surface area contributed by atoms with Gasteiger partial charge < -0.3 is 5.32 Å². The van der Waals surface area contributed by atoms with E-state index in [-0.39, 0.29) is 17.5 Å². The molecule has 1 atom stereocenters. The third kappa shape index (κ3) is 4.66. The Morgan fingerprint density at radius 3 is 2.19 bits per heavy atom. The molecule has 0 fully saturated rings. The van der Waals surface area contributed by atoms with Crippen LogP contribution < -0.4 is 5.32 Å². The molecule has 0 spiro atoms. The van der Waals surface area contributed by atoms with Crippen molar-refractivity contribution in [1.82, 2.24) is 9.62 Å². The summed E-state index contributed by atoms with van der Waals surface area (Å²) in [5.41, 5.74) is 1.25. The second-order valence-corrected chi connectivity index (χ2v) is 7.93. The fourth-order valence-electron chi connectivity index (χ4n) is 2.69. The number of hydrogen-bond donors (Lipinski definition) is 1. The molecule has 2 rings (SSSR count). The molecule has 0 saturated heterocycles. The van der Waals surface area contributed by atoms with Crippen molar-refractivity contribution in [3.05, 3.63) is 65.2 Å². The van der Waals surface area contributed by atoms with Crippen LogP contribution in [0.4, 0.5) is 8.78 Å². The summed E-state index contributed by atoms with van der Waals surface area (Å²) in [7, 11) is -3.48. The molecule has 0 bridgehead atoms. The van der Waals surface area contributed by atoms with Crippen molar-refractivity contribution in [3.63, 3.8) is 0 Å². The van der Waals surface area contributed by atoms with Gasteiger partial charge in [0.25, 0.3) is 0 Å². The molecule has 0 aliphatic heterocycles. The Kier molecular flexibility index (Phi) is 6.86. The van der Waals surface area contributed by atoms with Gasteiger partial charge in [-0.3, -0.25) is 0 Å². The van der Waals surface area contributed by atoms with Gasteiger partial charge in [0, 0.05) is 37.3 Å². The molecule has 0 unspecified atom stereocenters. The first-order chi connectivity index (χ1) is 12.3. The number of halogens is 2. The van der Waals surface area contributed by atoms with E-state index >= 15 is 0 Å². The van der Waals surface area contributed by atoms with E-state index < -0.39 is 21.7 Å². The number of nitrogens with zero attached hydrogens (tertiary/aromatic N) is 1. The number of nitrogens with one attached hydrogen (secondary N) is 1. The maximum atomic E-state index is 13.7. The average Bonchev–Trinajstić information content (AvgIpc) is 2.61. The Labute approximate surface area is 153 Å². The first-order valence-corrected chi connectivity index (χ1v) is 10.0. The first-order valence-electron chi connectivity index (χ1n) is 8.57. The largest absolute Gasteiger partial charge is 0.306 e. The molecule has 0 radical (unpaired) electrons. The van der Waals surface area contributed by atoms with Crippen LogP contribution in [-0.4, -0.2) is 25.8 Å². The van der Waals surface area contributed by atoms with Gasteiger partial charge in [0.15, 0.2) is 0 Å². The molecule has 2 aromatic rings. The zero-order valence-electron chi connectivity index (χ0n) is 15.2. The van der Waals surface area contributed by atoms with Crippen LogP contribution in [0.1, 0.15) is 37.9 Å². The number of hydrogen-bond acceptors (Lipinski definition) is 3. The minimum atomic E-state index is -3.48. The predicted octanol–water partition coefficient (Wildman–Crippen LogP) is 3.85. The quantitative estimate of drug-likeness (QED) is 0.755. The standard InChI is InChI=1S/C19H24F2N2O2S/c1-4-23(5-2)26(24,25)18-10-7-15(8-11-18)14(3)22-13-16-6-9-17(20)12-19(16)21/h6-12,14,22H,4-5,13H2,1-3H3/t14-/m1/s1. The van der Waals surface area contributed by atoms with Crippen molar-refractivity contribution in [1.29, 1.82) is 0 Å². The normalized spacial score (nSPS) is 13.2. The molecule has 1 N–H and O–H groups in total. The van der Waals surface area contributed by atoms with E-state index in [0.717, 1.165) is 11.6 Å². The molecule has 142 valence electrons. The van der Waals surface area contributed by atoms with E-state index in [1.165, 1.54) is 16.4 Å². The zero-order valence-corrected chi connectivity index (χ0v) is 16.0. The van der Waals surface area contributed by atoms with Crippen LogP contribution in [0, 0.1) is 11.6 Å². The highest BCUT2D eigenvalue weighted by Gasteiger charge is 2.21. The van der Waals surface area contributed by atoms with Gasteiger partial charge in [0.1, 0.15) is 11.6 Å². The van der Waals surface area contributed by atoms with Crippen molar-refractivity contribution in [2.45, 2.75) is 38.3 Å². The third-order valence-corrected chi connectivity index (χ3v) is 6.40. The van der Waals surface area contributed by atoms with Crippen LogP contribution in [0.15, 0.2) is 47.4 Å². The summed E-state index contributed by atoms with van der Waals surface area (Å²) in [6, 6.07) is 10.0. The molecule has 0 aliphatic rings. The van der Waals surface area contributed by atoms with Crippen LogP contribution in [0.25, 0.3) is 0 Å². The molecule has 0 aromatic heterocycles. The highest BCUT2D eigenvalue weighted by molar-refractivity contribution is 7.89. The Hall–Kier alpha value is -1.83. The summed E-state index contributed by atoms with van der Waals surface area (Å²) < 4.78 is 53.0. The van der Waals surface area contributed by atoms with Crippen LogP contribution in [0.2, 0.25) is 0 Å².